The van der Waals surface area contributed by atoms with Crippen molar-refractivity contribution in [2.45, 2.75) is 26.3 Å². The molecule has 0 bridgehead atoms. The fraction of sp³-hybridized carbons (Fsp3) is 0.179. The summed E-state index contributed by atoms with van der Waals surface area (Å²) in [6.07, 6.45) is 0. The molecule has 0 saturated heterocycles. The molecule has 182 valence electrons. The van der Waals surface area contributed by atoms with Gasteiger partial charge in [0.25, 0.3) is 10.0 Å². The van der Waals surface area contributed by atoms with Crippen molar-refractivity contribution < 1.29 is 17.9 Å². The molecule has 2 heterocycles. The summed E-state index contributed by atoms with van der Waals surface area (Å²) in [5, 5.41) is 10.00. The van der Waals surface area contributed by atoms with Crippen LogP contribution in [0.15, 0.2) is 89.2 Å². The van der Waals surface area contributed by atoms with Crippen LogP contribution in [0.25, 0.3) is 5.76 Å². The molecule has 0 unspecified atom stereocenters. The lowest BCUT2D eigenvalue weighted by atomic mass is 9.88. The summed E-state index contributed by atoms with van der Waals surface area (Å²) >= 11 is 0. The summed E-state index contributed by atoms with van der Waals surface area (Å²) in [6.45, 7) is 4.48. The molecule has 0 aliphatic carbocycles. The maximum atomic E-state index is 14.3. The van der Waals surface area contributed by atoms with Gasteiger partial charge in [-0.2, -0.15) is 5.26 Å². The predicted octanol–water partition coefficient (Wildman–Crippen LogP) is 4.92. The molecular formula is C28H25N3O4S. The van der Waals surface area contributed by atoms with Crippen molar-refractivity contribution >= 4 is 21.5 Å². The number of nitrogens with zero attached hydrogens (tertiary/aromatic N) is 2. The third kappa shape index (κ3) is 3.88. The summed E-state index contributed by atoms with van der Waals surface area (Å²) in [5.74, 6) is -0.225. The molecule has 0 fully saturated rings. The number of sulfonamides is 1. The lowest BCUT2D eigenvalue weighted by Gasteiger charge is -2.38. The number of fused-ring (bicyclic) bond motifs is 2. The topological polar surface area (TPSA) is 106 Å². The number of anilines is 1. The van der Waals surface area contributed by atoms with Crippen LogP contribution in [0.4, 0.5) is 5.69 Å². The second-order valence-corrected chi connectivity index (χ2v) is 10.5. The van der Waals surface area contributed by atoms with E-state index >= 15 is 0 Å². The largest absolute Gasteiger partial charge is 0.494 e. The summed E-state index contributed by atoms with van der Waals surface area (Å²) in [5.41, 5.74) is 9.83. The lowest BCUT2D eigenvalue weighted by molar-refractivity contribution is 0.340. The van der Waals surface area contributed by atoms with Crippen molar-refractivity contribution in [1.29, 1.82) is 5.26 Å². The number of benzene rings is 3. The van der Waals surface area contributed by atoms with Gasteiger partial charge in [0, 0.05) is 5.56 Å². The third-order valence-corrected chi connectivity index (χ3v) is 8.17. The minimum absolute atomic E-state index is 0.00348. The molecule has 0 saturated carbocycles. The number of nitrogens with two attached hydrogens (primary N) is 1. The standard InChI is InChI=1S/C28H25N3O4S/c1-3-34-21-13-11-20(12-14-21)25-23(16-29)28(30)35-26-22-9-4-5-10-24(22)31(36(32,33)27(25)26)17-19-8-6-7-18(2)15-19/h4-15,25H,3,17,30H2,1-2H3/t25-/m0/s1. The highest BCUT2D eigenvalue weighted by Gasteiger charge is 2.47. The highest BCUT2D eigenvalue weighted by molar-refractivity contribution is 7.96. The second kappa shape index (κ2) is 9.10. The van der Waals surface area contributed by atoms with Gasteiger partial charge in [0.15, 0.2) is 5.76 Å². The Labute approximate surface area is 210 Å². The Kier molecular flexibility index (Phi) is 5.94. The van der Waals surface area contributed by atoms with Crippen LogP contribution < -0.4 is 14.8 Å². The maximum Gasteiger partial charge on any atom is 0.265 e. The average Bonchev–Trinajstić information content (AvgIpc) is 2.86. The van der Waals surface area contributed by atoms with E-state index in [1.165, 1.54) is 4.31 Å². The van der Waals surface area contributed by atoms with Gasteiger partial charge < -0.3 is 15.2 Å². The van der Waals surface area contributed by atoms with Crippen LogP contribution in [0.3, 0.4) is 0 Å². The van der Waals surface area contributed by atoms with Crippen LogP contribution >= 0.6 is 0 Å². The van der Waals surface area contributed by atoms with E-state index in [0.717, 1.165) is 11.1 Å². The van der Waals surface area contributed by atoms with Crippen molar-refractivity contribution in [2.75, 3.05) is 10.9 Å². The second-order valence-electron chi connectivity index (χ2n) is 8.64. The first kappa shape index (κ1) is 23.5. The van der Waals surface area contributed by atoms with Crippen LogP contribution in [-0.2, 0) is 21.3 Å². The van der Waals surface area contributed by atoms with E-state index in [1.807, 2.05) is 50.2 Å². The molecule has 2 aliphatic heterocycles. The Balaban J connectivity index is 1.72. The summed E-state index contributed by atoms with van der Waals surface area (Å²) in [6, 6.07) is 24.0. The number of aryl methyl sites for hydroxylation is 1. The van der Waals surface area contributed by atoms with Crippen molar-refractivity contribution in [3.05, 3.63) is 111 Å². The zero-order chi connectivity index (χ0) is 25.4. The zero-order valence-electron chi connectivity index (χ0n) is 19.9. The van der Waals surface area contributed by atoms with Gasteiger partial charge in [-0.25, -0.2) is 8.42 Å². The van der Waals surface area contributed by atoms with Gasteiger partial charge >= 0.3 is 0 Å². The molecule has 8 heteroatoms. The van der Waals surface area contributed by atoms with Gasteiger partial charge in [0.05, 0.1) is 24.8 Å². The molecule has 0 aromatic heterocycles. The van der Waals surface area contributed by atoms with E-state index in [4.69, 9.17) is 15.2 Å². The van der Waals surface area contributed by atoms with Gasteiger partial charge in [0.2, 0.25) is 5.88 Å². The summed E-state index contributed by atoms with van der Waals surface area (Å²) < 4.78 is 41.4. The molecule has 0 radical (unpaired) electrons. The van der Waals surface area contributed by atoms with Crippen molar-refractivity contribution in [2.24, 2.45) is 5.73 Å². The molecule has 36 heavy (non-hydrogen) atoms. The van der Waals surface area contributed by atoms with Gasteiger partial charge in [-0.3, -0.25) is 4.31 Å². The quantitative estimate of drug-likeness (QED) is 0.534. The molecular weight excluding hydrogens is 474 g/mol. The van der Waals surface area contributed by atoms with E-state index in [-0.39, 0.29) is 28.7 Å². The van der Waals surface area contributed by atoms with Crippen LogP contribution in [0.1, 0.15) is 35.1 Å². The summed E-state index contributed by atoms with van der Waals surface area (Å²) in [7, 11) is -4.12. The smallest absolute Gasteiger partial charge is 0.265 e. The number of ether oxygens (including phenoxy) is 2. The molecule has 3 aromatic rings. The fourth-order valence-corrected chi connectivity index (χ4v) is 6.62. The van der Waals surface area contributed by atoms with Gasteiger partial charge in [-0.15, -0.1) is 0 Å². The zero-order valence-corrected chi connectivity index (χ0v) is 20.7. The fourth-order valence-electron chi connectivity index (χ4n) is 4.71. The summed E-state index contributed by atoms with van der Waals surface area (Å²) in [4.78, 5) is 0.00348. The van der Waals surface area contributed by atoms with Crippen LogP contribution in [0.5, 0.6) is 5.75 Å². The number of allylic oxidation sites excluding steroid dienone is 2. The number of para-hydroxylation sites is 1. The first-order valence-corrected chi connectivity index (χ1v) is 13.0. The highest BCUT2D eigenvalue weighted by atomic mass is 32.2. The molecule has 3 aromatic carbocycles. The Morgan fingerprint density at radius 3 is 2.53 bits per heavy atom. The normalized spacial score (nSPS) is 18.1. The van der Waals surface area contributed by atoms with Crippen molar-refractivity contribution in [3.8, 4) is 11.8 Å². The maximum absolute atomic E-state index is 14.3. The predicted molar refractivity (Wildman–Crippen MR) is 138 cm³/mol. The molecule has 2 aliphatic rings. The number of rotatable bonds is 5. The minimum Gasteiger partial charge on any atom is -0.494 e. The molecule has 0 spiro atoms. The van der Waals surface area contributed by atoms with Crippen molar-refractivity contribution in [1.82, 2.24) is 0 Å². The Hall–Kier alpha value is -4.22. The molecule has 1 atom stereocenters. The highest BCUT2D eigenvalue weighted by Crippen LogP contribution is 2.51. The number of hydrogen-bond acceptors (Lipinski definition) is 6. The monoisotopic (exact) mass is 499 g/mol. The van der Waals surface area contributed by atoms with E-state index in [2.05, 4.69) is 6.07 Å². The van der Waals surface area contributed by atoms with E-state index < -0.39 is 15.9 Å². The minimum atomic E-state index is -4.12. The van der Waals surface area contributed by atoms with Gasteiger partial charge in [0.1, 0.15) is 22.3 Å². The van der Waals surface area contributed by atoms with Gasteiger partial charge in [-0.05, 0) is 49.2 Å². The molecule has 7 nitrogen and oxygen atoms in total. The Morgan fingerprint density at radius 2 is 1.83 bits per heavy atom. The Morgan fingerprint density at radius 1 is 1.08 bits per heavy atom. The van der Waals surface area contributed by atoms with Crippen LogP contribution in [-0.4, -0.2) is 15.0 Å². The van der Waals surface area contributed by atoms with Crippen molar-refractivity contribution in [3.63, 3.8) is 0 Å². The van der Waals surface area contributed by atoms with E-state index in [0.29, 0.717) is 29.2 Å². The SMILES string of the molecule is CCOc1ccc([C@H]2C(C#N)=C(N)OC3=C2S(=O)(=O)N(Cc2cccc(C)c2)c2ccccc23)cc1. The molecule has 2 N–H and O–H groups in total. The number of nitriles is 1. The van der Waals surface area contributed by atoms with E-state index in [1.54, 1.807) is 36.4 Å². The first-order valence-electron chi connectivity index (χ1n) is 11.6. The molecule has 5 rings (SSSR count). The van der Waals surface area contributed by atoms with Crippen LogP contribution in [0, 0.1) is 18.3 Å². The van der Waals surface area contributed by atoms with E-state index in [9.17, 15) is 13.7 Å². The first-order chi connectivity index (χ1) is 17.3. The van der Waals surface area contributed by atoms with Gasteiger partial charge in [-0.1, -0.05) is 54.1 Å². The van der Waals surface area contributed by atoms with Crippen LogP contribution in [0.2, 0.25) is 0 Å². The molecule has 0 amide bonds. The Bertz CT molecular complexity index is 1550. The third-order valence-electron chi connectivity index (χ3n) is 6.29. The average molecular weight is 500 g/mol. The number of hydrogen-bond donors (Lipinski definition) is 1. The lowest BCUT2D eigenvalue weighted by Crippen LogP contribution is -2.39.